The lowest BCUT2D eigenvalue weighted by Gasteiger charge is -2.27. The van der Waals surface area contributed by atoms with Crippen molar-refractivity contribution in [3.63, 3.8) is 0 Å². The summed E-state index contributed by atoms with van der Waals surface area (Å²) < 4.78 is 0. The smallest absolute Gasteiger partial charge is 0.0220 e. The quantitative estimate of drug-likeness (QED) is 0.613. The van der Waals surface area contributed by atoms with Crippen molar-refractivity contribution >= 4 is 0 Å². The van der Waals surface area contributed by atoms with Crippen molar-refractivity contribution in [1.29, 1.82) is 0 Å². The van der Waals surface area contributed by atoms with Crippen molar-refractivity contribution in [2.24, 2.45) is 0 Å². The van der Waals surface area contributed by atoms with Crippen LogP contribution in [0.25, 0.3) is 0 Å². The summed E-state index contributed by atoms with van der Waals surface area (Å²) in [5.74, 6) is 0. The first-order valence-corrected chi connectivity index (χ1v) is 6.70. The van der Waals surface area contributed by atoms with E-state index in [4.69, 9.17) is 0 Å². The van der Waals surface area contributed by atoms with E-state index in [0.717, 1.165) is 26.2 Å². The Morgan fingerprint density at radius 2 is 2.12 bits per heavy atom. The molecule has 0 aromatic carbocycles. The van der Waals surface area contributed by atoms with Crippen LogP contribution in [0.4, 0.5) is 0 Å². The Hall–Kier alpha value is -0.840. The average Bonchev–Trinajstić information content (AvgIpc) is 2.88. The molecule has 1 aromatic rings. The standard InChI is InChI=1S/C13H24N4/c1(2-8-17-9-6-14-7-10-17)4-15-11-13-3-5-16-12-13/h3,5,12,14-16H,1-2,4,6-11H2. The second kappa shape index (κ2) is 7.48. The van der Waals surface area contributed by atoms with Gasteiger partial charge >= 0.3 is 0 Å². The van der Waals surface area contributed by atoms with Crippen LogP contribution in [0.15, 0.2) is 18.5 Å². The van der Waals surface area contributed by atoms with E-state index in [-0.39, 0.29) is 0 Å². The van der Waals surface area contributed by atoms with Crippen LogP contribution in [-0.4, -0.2) is 49.2 Å². The van der Waals surface area contributed by atoms with Crippen molar-refractivity contribution in [2.45, 2.75) is 19.4 Å². The van der Waals surface area contributed by atoms with E-state index >= 15 is 0 Å². The molecule has 3 N–H and O–H groups in total. The Morgan fingerprint density at radius 3 is 2.88 bits per heavy atom. The monoisotopic (exact) mass is 236 g/mol. The molecule has 0 saturated carbocycles. The Morgan fingerprint density at radius 1 is 1.24 bits per heavy atom. The van der Waals surface area contributed by atoms with Gasteiger partial charge < -0.3 is 20.5 Å². The molecule has 0 radical (unpaired) electrons. The fraction of sp³-hybridized carbons (Fsp3) is 0.692. The third kappa shape index (κ3) is 4.89. The molecule has 17 heavy (non-hydrogen) atoms. The maximum Gasteiger partial charge on any atom is 0.0220 e. The number of nitrogens with one attached hydrogen (secondary N) is 3. The molecule has 0 aliphatic carbocycles. The van der Waals surface area contributed by atoms with Gasteiger partial charge in [0, 0.05) is 45.1 Å². The van der Waals surface area contributed by atoms with Gasteiger partial charge in [-0.2, -0.15) is 0 Å². The minimum atomic E-state index is 0.983. The third-order valence-corrected chi connectivity index (χ3v) is 3.28. The molecule has 2 heterocycles. The number of nitrogens with zero attached hydrogens (tertiary/aromatic N) is 1. The van der Waals surface area contributed by atoms with Crippen molar-refractivity contribution in [1.82, 2.24) is 20.5 Å². The van der Waals surface area contributed by atoms with Crippen LogP contribution in [-0.2, 0) is 6.54 Å². The van der Waals surface area contributed by atoms with Gasteiger partial charge in [-0.15, -0.1) is 0 Å². The van der Waals surface area contributed by atoms with Crippen LogP contribution in [0, 0.1) is 0 Å². The second-order valence-corrected chi connectivity index (χ2v) is 4.69. The number of aromatic amines is 1. The summed E-state index contributed by atoms with van der Waals surface area (Å²) in [5, 5.41) is 6.86. The van der Waals surface area contributed by atoms with Gasteiger partial charge in [-0.05, 0) is 37.6 Å². The van der Waals surface area contributed by atoms with E-state index in [2.05, 4.69) is 26.6 Å². The van der Waals surface area contributed by atoms with E-state index in [1.807, 2.05) is 12.4 Å². The predicted octanol–water partition coefficient (Wildman–Crippen LogP) is 0.790. The summed E-state index contributed by atoms with van der Waals surface area (Å²) in [5.41, 5.74) is 1.34. The van der Waals surface area contributed by atoms with Gasteiger partial charge in [0.2, 0.25) is 0 Å². The minimum Gasteiger partial charge on any atom is -0.367 e. The fourth-order valence-electron chi connectivity index (χ4n) is 2.22. The van der Waals surface area contributed by atoms with Crippen LogP contribution in [0.2, 0.25) is 0 Å². The molecule has 2 rings (SSSR count). The third-order valence-electron chi connectivity index (χ3n) is 3.28. The van der Waals surface area contributed by atoms with Crippen molar-refractivity contribution in [3.05, 3.63) is 24.0 Å². The first kappa shape index (κ1) is 12.6. The van der Waals surface area contributed by atoms with Crippen LogP contribution in [0.5, 0.6) is 0 Å². The zero-order chi connectivity index (χ0) is 11.8. The normalized spacial score (nSPS) is 17.4. The Bertz CT molecular complexity index is 278. The first-order valence-electron chi connectivity index (χ1n) is 6.70. The fourth-order valence-corrected chi connectivity index (χ4v) is 2.22. The van der Waals surface area contributed by atoms with E-state index in [1.54, 1.807) is 0 Å². The minimum absolute atomic E-state index is 0.983. The van der Waals surface area contributed by atoms with E-state index in [9.17, 15) is 0 Å². The maximum absolute atomic E-state index is 3.47. The number of rotatable bonds is 7. The van der Waals surface area contributed by atoms with Crippen LogP contribution >= 0.6 is 0 Å². The molecule has 0 spiro atoms. The molecule has 96 valence electrons. The number of aromatic nitrogens is 1. The van der Waals surface area contributed by atoms with Gasteiger partial charge in [0.1, 0.15) is 0 Å². The summed E-state index contributed by atoms with van der Waals surface area (Å²) in [6.07, 6.45) is 6.60. The lowest BCUT2D eigenvalue weighted by Crippen LogP contribution is -2.43. The summed E-state index contributed by atoms with van der Waals surface area (Å²) in [6.45, 7) is 8.12. The molecule has 1 fully saturated rings. The molecule has 4 heteroatoms. The van der Waals surface area contributed by atoms with E-state index in [1.165, 1.54) is 38.0 Å². The lowest BCUT2D eigenvalue weighted by molar-refractivity contribution is 0.236. The van der Waals surface area contributed by atoms with Gasteiger partial charge in [-0.1, -0.05) is 0 Å². The molecule has 1 aliphatic rings. The summed E-state index contributed by atoms with van der Waals surface area (Å²) >= 11 is 0. The Balaban J connectivity index is 1.43. The highest BCUT2D eigenvalue weighted by atomic mass is 15.2. The van der Waals surface area contributed by atoms with Crippen molar-refractivity contribution in [2.75, 3.05) is 39.3 Å². The predicted molar refractivity (Wildman–Crippen MR) is 71.0 cm³/mol. The van der Waals surface area contributed by atoms with Crippen molar-refractivity contribution < 1.29 is 0 Å². The molecule has 0 amide bonds. The summed E-state index contributed by atoms with van der Waals surface area (Å²) in [7, 11) is 0. The molecule has 1 saturated heterocycles. The maximum atomic E-state index is 3.47. The Labute approximate surface area is 104 Å². The zero-order valence-corrected chi connectivity index (χ0v) is 10.5. The number of unbranched alkanes of at least 4 members (excludes halogenated alkanes) is 1. The topological polar surface area (TPSA) is 43.1 Å². The number of hydrogen-bond acceptors (Lipinski definition) is 3. The Kier molecular flexibility index (Phi) is 5.55. The lowest BCUT2D eigenvalue weighted by atomic mass is 10.2. The van der Waals surface area contributed by atoms with Gasteiger partial charge in [0.15, 0.2) is 0 Å². The second-order valence-electron chi connectivity index (χ2n) is 4.69. The molecular weight excluding hydrogens is 212 g/mol. The van der Waals surface area contributed by atoms with E-state index < -0.39 is 0 Å². The summed E-state index contributed by atoms with van der Waals surface area (Å²) in [4.78, 5) is 5.63. The largest absolute Gasteiger partial charge is 0.367 e. The number of hydrogen-bond donors (Lipinski definition) is 3. The van der Waals surface area contributed by atoms with Gasteiger partial charge in [0.05, 0.1) is 0 Å². The van der Waals surface area contributed by atoms with Crippen molar-refractivity contribution in [3.8, 4) is 0 Å². The van der Waals surface area contributed by atoms with Gasteiger partial charge in [-0.25, -0.2) is 0 Å². The van der Waals surface area contributed by atoms with Gasteiger partial charge in [0.25, 0.3) is 0 Å². The molecule has 4 nitrogen and oxygen atoms in total. The molecule has 0 atom stereocenters. The molecule has 0 bridgehead atoms. The van der Waals surface area contributed by atoms with E-state index in [0.29, 0.717) is 0 Å². The number of H-pyrrole nitrogens is 1. The molecule has 0 unspecified atom stereocenters. The SMILES string of the molecule is c1cc(CNCCCCN2CCNCC2)c[nH]1. The number of piperazine rings is 1. The molecule has 1 aliphatic heterocycles. The highest BCUT2D eigenvalue weighted by Gasteiger charge is 2.07. The van der Waals surface area contributed by atoms with Crippen LogP contribution in [0.1, 0.15) is 18.4 Å². The highest BCUT2D eigenvalue weighted by Crippen LogP contribution is 1.98. The highest BCUT2D eigenvalue weighted by molar-refractivity contribution is 5.07. The van der Waals surface area contributed by atoms with Crippen LogP contribution in [0.3, 0.4) is 0 Å². The molecular formula is C13H24N4. The van der Waals surface area contributed by atoms with Gasteiger partial charge in [-0.3, -0.25) is 0 Å². The first-order chi connectivity index (χ1) is 8.45. The molecule has 1 aromatic heterocycles. The summed E-state index contributed by atoms with van der Waals surface area (Å²) in [6, 6.07) is 2.12. The zero-order valence-electron chi connectivity index (χ0n) is 10.5. The van der Waals surface area contributed by atoms with Crippen LogP contribution < -0.4 is 10.6 Å². The average molecular weight is 236 g/mol.